The molecule has 3 nitrogen and oxygen atoms in total. The van der Waals surface area contributed by atoms with Gasteiger partial charge in [0, 0.05) is 18.8 Å². The lowest BCUT2D eigenvalue weighted by molar-refractivity contribution is -0.137. The van der Waals surface area contributed by atoms with Gasteiger partial charge < -0.3 is 5.73 Å². The van der Waals surface area contributed by atoms with Crippen LogP contribution in [0.15, 0.2) is 12.4 Å². The molecule has 1 saturated carbocycles. The molecule has 0 amide bonds. The van der Waals surface area contributed by atoms with Crippen molar-refractivity contribution in [2.75, 3.05) is 0 Å². The lowest BCUT2D eigenvalue weighted by Gasteiger charge is -2.14. The summed E-state index contributed by atoms with van der Waals surface area (Å²) in [6.45, 7) is 0.508. The summed E-state index contributed by atoms with van der Waals surface area (Å²) in [6, 6.07) is 0.202. The molecule has 1 fully saturated rings. The number of hydrogen-bond acceptors (Lipinski definition) is 2. The summed E-state index contributed by atoms with van der Waals surface area (Å²) in [5.41, 5.74) is 5.22. The molecule has 1 aliphatic rings. The molecule has 0 spiro atoms. The Balaban J connectivity index is 1.89. The van der Waals surface area contributed by atoms with Crippen LogP contribution >= 0.6 is 0 Å². The van der Waals surface area contributed by atoms with Gasteiger partial charge in [-0.25, -0.2) is 0 Å². The summed E-state index contributed by atoms with van der Waals surface area (Å²) in [5.74, 6) is 0.425. The van der Waals surface area contributed by atoms with E-state index in [2.05, 4.69) is 5.10 Å². The van der Waals surface area contributed by atoms with Crippen molar-refractivity contribution in [2.45, 2.75) is 44.4 Å². The van der Waals surface area contributed by atoms with Gasteiger partial charge in [-0.2, -0.15) is 18.3 Å². The van der Waals surface area contributed by atoms with Crippen molar-refractivity contribution in [1.82, 2.24) is 9.78 Å². The Bertz CT molecular complexity index is 372. The molecule has 2 N–H and O–H groups in total. The number of aromatic nitrogens is 2. The van der Waals surface area contributed by atoms with E-state index in [0.717, 1.165) is 38.1 Å². The number of nitrogens with two attached hydrogens (primary N) is 1. The number of rotatable bonds is 3. The minimum Gasteiger partial charge on any atom is -0.327 e. The fourth-order valence-electron chi connectivity index (χ4n) is 2.35. The van der Waals surface area contributed by atoms with E-state index in [1.165, 1.54) is 4.68 Å². The molecule has 0 aliphatic heterocycles. The average Bonchev–Trinajstić information content (AvgIpc) is 2.82. The maximum Gasteiger partial charge on any atom is 0.419 e. The standard InChI is InChI=1S/C11H16F3N3/c12-11(13,14)9-6-16-17(7-9)5-4-8-2-1-3-10(8)15/h6-8,10H,1-5,15H2. The molecule has 2 unspecified atom stereocenters. The van der Waals surface area contributed by atoms with Crippen molar-refractivity contribution >= 4 is 0 Å². The van der Waals surface area contributed by atoms with E-state index in [0.29, 0.717) is 12.5 Å². The van der Waals surface area contributed by atoms with E-state index in [4.69, 9.17) is 5.73 Å². The van der Waals surface area contributed by atoms with Crippen molar-refractivity contribution in [3.8, 4) is 0 Å². The maximum atomic E-state index is 12.3. The third-order valence-corrected chi connectivity index (χ3v) is 3.41. The summed E-state index contributed by atoms with van der Waals surface area (Å²) in [7, 11) is 0. The molecular formula is C11H16F3N3. The lowest BCUT2D eigenvalue weighted by atomic mass is 10.0. The molecule has 0 aromatic carbocycles. The minimum atomic E-state index is -4.30. The molecule has 1 aromatic rings. The molecule has 1 aliphatic carbocycles. The van der Waals surface area contributed by atoms with Crippen molar-refractivity contribution in [3.63, 3.8) is 0 Å². The van der Waals surface area contributed by atoms with Gasteiger partial charge in [-0.05, 0) is 25.2 Å². The van der Waals surface area contributed by atoms with Gasteiger partial charge in [-0.3, -0.25) is 4.68 Å². The Labute approximate surface area is 97.8 Å². The molecule has 0 saturated heterocycles. The van der Waals surface area contributed by atoms with E-state index in [-0.39, 0.29) is 6.04 Å². The van der Waals surface area contributed by atoms with E-state index in [1.54, 1.807) is 0 Å². The zero-order chi connectivity index (χ0) is 12.5. The van der Waals surface area contributed by atoms with Crippen molar-refractivity contribution in [3.05, 3.63) is 18.0 Å². The molecule has 0 radical (unpaired) electrons. The van der Waals surface area contributed by atoms with E-state index < -0.39 is 11.7 Å². The number of halogens is 3. The summed E-state index contributed by atoms with van der Waals surface area (Å²) in [6.07, 6.45) is 1.65. The van der Waals surface area contributed by atoms with Crippen LogP contribution in [0.1, 0.15) is 31.2 Å². The van der Waals surface area contributed by atoms with Crippen LogP contribution < -0.4 is 5.73 Å². The third kappa shape index (κ3) is 3.00. The van der Waals surface area contributed by atoms with Crippen LogP contribution in [0.4, 0.5) is 13.2 Å². The number of alkyl halides is 3. The largest absolute Gasteiger partial charge is 0.419 e. The number of hydrogen-bond donors (Lipinski definition) is 1. The predicted octanol–water partition coefficient (Wildman–Crippen LogP) is 2.42. The first-order valence-corrected chi connectivity index (χ1v) is 5.82. The Morgan fingerprint density at radius 3 is 2.71 bits per heavy atom. The van der Waals surface area contributed by atoms with Crippen LogP contribution in [0.2, 0.25) is 0 Å². The summed E-state index contributed by atoms with van der Waals surface area (Å²) in [4.78, 5) is 0. The molecule has 2 atom stereocenters. The highest BCUT2D eigenvalue weighted by Gasteiger charge is 2.32. The second-order valence-electron chi connectivity index (χ2n) is 4.63. The number of aryl methyl sites for hydroxylation is 1. The van der Waals surface area contributed by atoms with Gasteiger partial charge in [-0.15, -0.1) is 0 Å². The van der Waals surface area contributed by atoms with E-state index in [9.17, 15) is 13.2 Å². The van der Waals surface area contributed by atoms with Gasteiger partial charge in [0.1, 0.15) is 0 Å². The minimum absolute atomic E-state index is 0.202. The second kappa shape index (κ2) is 4.68. The van der Waals surface area contributed by atoms with Crippen LogP contribution in [0.3, 0.4) is 0 Å². The maximum absolute atomic E-state index is 12.3. The Hall–Kier alpha value is -1.04. The highest BCUT2D eigenvalue weighted by molar-refractivity contribution is 5.08. The summed E-state index contributed by atoms with van der Waals surface area (Å²) < 4.78 is 38.3. The molecule has 0 bridgehead atoms. The van der Waals surface area contributed by atoms with Gasteiger partial charge in [0.25, 0.3) is 0 Å². The quantitative estimate of drug-likeness (QED) is 0.891. The zero-order valence-electron chi connectivity index (χ0n) is 9.45. The van der Waals surface area contributed by atoms with Crippen molar-refractivity contribution < 1.29 is 13.2 Å². The van der Waals surface area contributed by atoms with E-state index in [1.807, 2.05) is 0 Å². The van der Waals surface area contributed by atoms with Crippen LogP contribution in [0.5, 0.6) is 0 Å². The van der Waals surface area contributed by atoms with Gasteiger partial charge in [0.05, 0.1) is 11.8 Å². The van der Waals surface area contributed by atoms with Crippen LogP contribution in [0.25, 0.3) is 0 Å². The monoisotopic (exact) mass is 247 g/mol. The first-order chi connectivity index (χ1) is 7.97. The molecule has 17 heavy (non-hydrogen) atoms. The number of nitrogens with zero attached hydrogens (tertiary/aromatic N) is 2. The smallest absolute Gasteiger partial charge is 0.327 e. The van der Waals surface area contributed by atoms with Crippen LogP contribution in [-0.4, -0.2) is 15.8 Å². The predicted molar refractivity (Wildman–Crippen MR) is 57.2 cm³/mol. The molecular weight excluding hydrogens is 231 g/mol. The Kier molecular flexibility index (Phi) is 3.42. The van der Waals surface area contributed by atoms with Gasteiger partial charge in [0.2, 0.25) is 0 Å². The molecule has 96 valence electrons. The molecule has 1 heterocycles. The SMILES string of the molecule is NC1CCCC1CCn1cc(C(F)(F)F)cn1. The molecule has 1 aromatic heterocycles. The van der Waals surface area contributed by atoms with Gasteiger partial charge >= 0.3 is 6.18 Å². The van der Waals surface area contributed by atoms with Crippen molar-refractivity contribution in [2.24, 2.45) is 11.7 Å². The fraction of sp³-hybridized carbons (Fsp3) is 0.727. The highest BCUT2D eigenvalue weighted by atomic mass is 19.4. The first kappa shape index (κ1) is 12.4. The van der Waals surface area contributed by atoms with Crippen molar-refractivity contribution in [1.29, 1.82) is 0 Å². The highest BCUT2D eigenvalue weighted by Crippen LogP contribution is 2.29. The summed E-state index contributed by atoms with van der Waals surface area (Å²) in [5, 5.41) is 3.72. The Morgan fingerprint density at radius 1 is 1.41 bits per heavy atom. The zero-order valence-corrected chi connectivity index (χ0v) is 9.45. The second-order valence-corrected chi connectivity index (χ2v) is 4.63. The van der Waals surface area contributed by atoms with Crippen LogP contribution in [0, 0.1) is 5.92 Å². The lowest BCUT2D eigenvalue weighted by Crippen LogP contribution is -2.25. The average molecular weight is 247 g/mol. The van der Waals surface area contributed by atoms with Gasteiger partial charge in [-0.1, -0.05) is 6.42 Å². The Morgan fingerprint density at radius 2 is 2.18 bits per heavy atom. The third-order valence-electron chi connectivity index (χ3n) is 3.41. The van der Waals surface area contributed by atoms with Gasteiger partial charge in [0.15, 0.2) is 0 Å². The molecule has 2 rings (SSSR count). The normalized spacial score (nSPS) is 25.4. The van der Waals surface area contributed by atoms with E-state index >= 15 is 0 Å². The summed E-state index contributed by atoms with van der Waals surface area (Å²) >= 11 is 0. The molecule has 6 heteroatoms. The first-order valence-electron chi connectivity index (χ1n) is 5.82. The fourth-order valence-corrected chi connectivity index (χ4v) is 2.35. The van der Waals surface area contributed by atoms with Crippen LogP contribution in [-0.2, 0) is 12.7 Å². The topological polar surface area (TPSA) is 43.8 Å².